The van der Waals surface area contributed by atoms with Crippen molar-refractivity contribution in [2.75, 3.05) is 0 Å². The molecule has 2 aromatic rings. The molecule has 1 aliphatic rings. The van der Waals surface area contributed by atoms with Crippen molar-refractivity contribution in [3.63, 3.8) is 0 Å². The summed E-state index contributed by atoms with van der Waals surface area (Å²) < 4.78 is 36.1. The highest BCUT2D eigenvalue weighted by atomic mass is 19.1. The third kappa shape index (κ3) is 4.38. The van der Waals surface area contributed by atoms with Gasteiger partial charge in [-0.15, -0.1) is 0 Å². The number of rotatable bonds is 5. The zero-order valence-electron chi connectivity index (χ0n) is 15.6. The van der Waals surface area contributed by atoms with Crippen LogP contribution in [0.1, 0.15) is 34.1 Å². The van der Waals surface area contributed by atoms with Gasteiger partial charge in [0.25, 0.3) is 0 Å². The van der Waals surface area contributed by atoms with E-state index in [9.17, 15) is 28.0 Å². The number of ketones is 2. The maximum absolute atomic E-state index is 13.0. The first-order valence-corrected chi connectivity index (χ1v) is 8.79. The predicted octanol–water partition coefficient (Wildman–Crippen LogP) is 3.68. The number of carbonyl (C=O) groups excluding carboxylic acids is 4. The van der Waals surface area contributed by atoms with E-state index in [2.05, 4.69) is 0 Å². The van der Waals surface area contributed by atoms with Crippen LogP contribution in [0.25, 0.3) is 0 Å². The van der Waals surface area contributed by atoms with Gasteiger partial charge >= 0.3 is 11.9 Å². The molecule has 3 rings (SSSR count). The Balaban J connectivity index is 1.80. The smallest absolute Gasteiger partial charge is 0.343 e. The third-order valence-electron chi connectivity index (χ3n) is 4.17. The number of carbonyl (C=O) groups is 4. The van der Waals surface area contributed by atoms with Crippen molar-refractivity contribution in [3.05, 3.63) is 94.5 Å². The van der Waals surface area contributed by atoms with Crippen LogP contribution < -0.4 is 0 Å². The van der Waals surface area contributed by atoms with Gasteiger partial charge in [-0.1, -0.05) is 6.92 Å². The first kappa shape index (κ1) is 20.8. The Bertz CT molecular complexity index is 1100. The molecule has 0 saturated carbocycles. The van der Waals surface area contributed by atoms with Crippen LogP contribution in [0.3, 0.4) is 0 Å². The van der Waals surface area contributed by atoms with E-state index >= 15 is 0 Å². The molecule has 0 heterocycles. The van der Waals surface area contributed by atoms with Crippen LogP contribution in [0.4, 0.5) is 8.78 Å². The Kier molecular flexibility index (Phi) is 5.96. The molecule has 0 unspecified atom stereocenters. The average molecular weight is 412 g/mol. The molecule has 0 aliphatic heterocycles. The number of allylic oxidation sites excluding steroid dienone is 2. The summed E-state index contributed by atoms with van der Waals surface area (Å²) in [4.78, 5) is 49.5. The minimum Gasteiger partial charge on any atom is -0.419 e. The molecule has 0 aromatic heterocycles. The lowest BCUT2D eigenvalue weighted by atomic mass is 9.97. The molecule has 2 aromatic carbocycles. The average Bonchev–Trinajstić information content (AvgIpc) is 2.72. The van der Waals surface area contributed by atoms with Crippen molar-refractivity contribution in [2.24, 2.45) is 0 Å². The van der Waals surface area contributed by atoms with Crippen molar-refractivity contribution >= 4 is 23.5 Å². The van der Waals surface area contributed by atoms with E-state index in [4.69, 9.17) is 9.47 Å². The summed E-state index contributed by atoms with van der Waals surface area (Å²) in [6.07, 6.45) is 0.762. The van der Waals surface area contributed by atoms with Gasteiger partial charge in [0.1, 0.15) is 11.6 Å². The zero-order chi connectivity index (χ0) is 21.8. The number of Topliss-reactive ketones (excluding diaryl/α,β-unsaturated/α-hetero) is 1. The van der Waals surface area contributed by atoms with Crippen molar-refractivity contribution in [2.45, 2.75) is 13.3 Å². The predicted molar refractivity (Wildman–Crippen MR) is 99.0 cm³/mol. The highest BCUT2D eigenvalue weighted by Gasteiger charge is 2.33. The van der Waals surface area contributed by atoms with Gasteiger partial charge in [-0.3, -0.25) is 9.59 Å². The molecule has 8 heteroatoms. The van der Waals surface area contributed by atoms with Crippen molar-refractivity contribution in [1.82, 2.24) is 0 Å². The molecule has 1 aliphatic carbocycles. The van der Waals surface area contributed by atoms with E-state index in [1.165, 1.54) is 24.3 Å². The van der Waals surface area contributed by atoms with Gasteiger partial charge in [-0.25, -0.2) is 18.4 Å². The van der Waals surface area contributed by atoms with Crippen LogP contribution in [0, 0.1) is 11.6 Å². The topological polar surface area (TPSA) is 86.7 Å². The quantitative estimate of drug-likeness (QED) is 0.550. The third-order valence-corrected chi connectivity index (χ3v) is 4.17. The molecule has 0 radical (unpaired) electrons. The second-order valence-corrected chi connectivity index (χ2v) is 6.16. The number of ether oxygens (including phenoxy) is 2. The van der Waals surface area contributed by atoms with Gasteiger partial charge in [0.05, 0.1) is 16.7 Å². The Labute approximate surface area is 169 Å². The molecule has 0 saturated heterocycles. The lowest BCUT2D eigenvalue weighted by molar-refractivity contribution is -0.119. The van der Waals surface area contributed by atoms with E-state index in [0.717, 1.165) is 30.3 Å². The zero-order valence-corrected chi connectivity index (χ0v) is 15.6. The van der Waals surface area contributed by atoms with Crippen LogP contribution in [-0.4, -0.2) is 23.5 Å². The molecule has 30 heavy (non-hydrogen) atoms. The van der Waals surface area contributed by atoms with E-state index in [-0.39, 0.29) is 23.1 Å². The van der Waals surface area contributed by atoms with Crippen molar-refractivity contribution < 1.29 is 37.4 Å². The molecule has 152 valence electrons. The highest BCUT2D eigenvalue weighted by molar-refractivity contribution is 6.22. The van der Waals surface area contributed by atoms with Crippen LogP contribution in [0.2, 0.25) is 0 Å². The molecule has 0 atom stereocenters. The molecule has 6 nitrogen and oxygen atoms in total. The molecule has 0 N–H and O–H groups in total. The molecule has 0 bridgehead atoms. The lowest BCUT2D eigenvalue weighted by Crippen LogP contribution is -2.25. The fourth-order valence-corrected chi connectivity index (χ4v) is 2.64. The van der Waals surface area contributed by atoms with E-state index in [1.54, 1.807) is 6.92 Å². The standard InChI is InChI=1S/C22H14F2O6/c1-2-16-19(26)18(29-21(27)12-3-7-14(23)8-4-12)11-17(25)20(16)30-22(28)13-5-9-15(24)10-6-13/h3-11H,2H2,1H3. The maximum Gasteiger partial charge on any atom is 0.343 e. The van der Waals surface area contributed by atoms with Crippen LogP contribution in [-0.2, 0) is 19.1 Å². The number of hydrogen-bond donors (Lipinski definition) is 0. The van der Waals surface area contributed by atoms with Crippen LogP contribution in [0.5, 0.6) is 0 Å². The molecular weight excluding hydrogens is 398 g/mol. The number of esters is 2. The van der Waals surface area contributed by atoms with Crippen molar-refractivity contribution in [3.8, 4) is 0 Å². The summed E-state index contributed by atoms with van der Waals surface area (Å²) in [5, 5.41) is 0. The number of benzene rings is 2. The second-order valence-electron chi connectivity index (χ2n) is 6.16. The Morgan fingerprint density at radius 1 is 0.800 bits per heavy atom. The van der Waals surface area contributed by atoms with Gasteiger partial charge in [-0.05, 0) is 55.0 Å². The lowest BCUT2D eigenvalue weighted by Gasteiger charge is -2.17. The van der Waals surface area contributed by atoms with Gasteiger partial charge < -0.3 is 9.47 Å². The number of hydrogen-bond acceptors (Lipinski definition) is 6. The Morgan fingerprint density at radius 3 is 1.73 bits per heavy atom. The SMILES string of the molecule is CCC1=C(OC(=O)c2ccc(F)cc2)C(=O)C=C(OC(=O)c2ccc(F)cc2)C1=O. The minimum atomic E-state index is -0.954. The van der Waals surface area contributed by atoms with Crippen LogP contribution >= 0.6 is 0 Å². The molecule has 0 spiro atoms. The largest absolute Gasteiger partial charge is 0.419 e. The fourth-order valence-electron chi connectivity index (χ4n) is 2.64. The van der Waals surface area contributed by atoms with E-state index < -0.39 is 46.7 Å². The van der Waals surface area contributed by atoms with Crippen molar-refractivity contribution in [1.29, 1.82) is 0 Å². The van der Waals surface area contributed by atoms with E-state index in [0.29, 0.717) is 0 Å². The first-order valence-electron chi connectivity index (χ1n) is 8.79. The summed E-state index contributed by atoms with van der Waals surface area (Å²) >= 11 is 0. The van der Waals surface area contributed by atoms with E-state index in [1.807, 2.05) is 0 Å². The van der Waals surface area contributed by atoms with Crippen LogP contribution in [0.15, 0.2) is 71.7 Å². The minimum absolute atomic E-state index is 0.0159. The Hall–Kier alpha value is -3.94. The maximum atomic E-state index is 13.0. The second kappa shape index (κ2) is 8.60. The summed E-state index contributed by atoms with van der Waals surface area (Å²) in [7, 11) is 0. The molecule has 0 amide bonds. The highest BCUT2D eigenvalue weighted by Crippen LogP contribution is 2.25. The van der Waals surface area contributed by atoms with Gasteiger partial charge in [-0.2, -0.15) is 0 Å². The normalized spacial score (nSPS) is 13.8. The van der Waals surface area contributed by atoms with Gasteiger partial charge in [0.2, 0.25) is 11.6 Å². The monoisotopic (exact) mass is 412 g/mol. The summed E-state index contributed by atoms with van der Waals surface area (Å²) in [6.45, 7) is 1.55. The molecule has 0 fully saturated rings. The first-order chi connectivity index (χ1) is 14.3. The molecular formula is C22H14F2O6. The summed E-state index contributed by atoms with van der Waals surface area (Å²) in [5.74, 6) is -5.68. The Morgan fingerprint density at radius 2 is 1.27 bits per heavy atom. The number of halogens is 2. The van der Waals surface area contributed by atoms with Gasteiger partial charge in [0, 0.05) is 6.08 Å². The summed E-state index contributed by atoms with van der Waals surface area (Å²) in [6, 6.07) is 8.86. The summed E-state index contributed by atoms with van der Waals surface area (Å²) in [5.41, 5.74) is -0.190. The van der Waals surface area contributed by atoms with Gasteiger partial charge in [0.15, 0.2) is 11.5 Å². The fraction of sp³-hybridized carbons (Fsp3) is 0.0909.